The Morgan fingerprint density at radius 3 is 2.00 bits per heavy atom. The van der Waals surface area contributed by atoms with Crippen LogP contribution in [-0.4, -0.2) is 21.7 Å². The van der Waals surface area contributed by atoms with Crippen LogP contribution in [0.25, 0.3) is 6.08 Å². The van der Waals surface area contributed by atoms with Crippen molar-refractivity contribution in [3.8, 4) is 0 Å². The van der Waals surface area contributed by atoms with Crippen molar-refractivity contribution >= 4 is 23.5 Å². The predicted molar refractivity (Wildman–Crippen MR) is 115 cm³/mol. The van der Waals surface area contributed by atoms with E-state index in [0.29, 0.717) is 22.5 Å². The summed E-state index contributed by atoms with van der Waals surface area (Å²) in [6.45, 7) is 7.65. The summed E-state index contributed by atoms with van der Waals surface area (Å²) in [5, 5.41) is 2.83. The number of carbonyl (C=O) groups excluding carboxylic acids is 2. The van der Waals surface area contributed by atoms with Gasteiger partial charge in [0.25, 0.3) is 5.91 Å². The van der Waals surface area contributed by atoms with Gasteiger partial charge in [-0.2, -0.15) is 0 Å². The molecule has 5 heteroatoms. The highest BCUT2D eigenvalue weighted by Gasteiger charge is 2.08. The number of carbonyl (C=O) groups is 2. The fourth-order valence-electron chi connectivity index (χ4n) is 2.77. The molecule has 146 valence electrons. The molecule has 0 radical (unpaired) electrons. The summed E-state index contributed by atoms with van der Waals surface area (Å²) in [7, 11) is 0. The molecule has 3 aromatic rings. The van der Waals surface area contributed by atoms with Crippen molar-refractivity contribution in [1.82, 2.24) is 9.97 Å². The van der Waals surface area contributed by atoms with E-state index in [1.54, 1.807) is 42.5 Å². The normalized spacial score (nSPS) is 10.9. The van der Waals surface area contributed by atoms with E-state index in [1.165, 1.54) is 6.08 Å². The second kappa shape index (κ2) is 8.61. The second-order valence-electron chi connectivity index (χ2n) is 6.96. The van der Waals surface area contributed by atoms with Crippen molar-refractivity contribution in [3.05, 3.63) is 94.1 Å². The number of rotatable bonds is 5. The molecule has 3 rings (SSSR count). The van der Waals surface area contributed by atoms with Crippen molar-refractivity contribution in [2.75, 3.05) is 5.32 Å². The van der Waals surface area contributed by atoms with E-state index in [-0.39, 0.29) is 11.7 Å². The number of allylic oxidation sites excluding steroid dienone is 1. The van der Waals surface area contributed by atoms with Crippen LogP contribution in [0.5, 0.6) is 0 Å². The lowest BCUT2D eigenvalue weighted by Gasteiger charge is -2.06. The average molecular weight is 385 g/mol. The van der Waals surface area contributed by atoms with Crippen LogP contribution in [0, 0.1) is 27.7 Å². The molecule has 29 heavy (non-hydrogen) atoms. The minimum absolute atomic E-state index is 0.138. The summed E-state index contributed by atoms with van der Waals surface area (Å²) >= 11 is 0. The third-order valence-corrected chi connectivity index (χ3v) is 4.65. The van der Waals surface area contributed by atoms with Crippen LogP contribution < -0.4 is 5.32 Å². The molecule has 0 atom stereocenters. The lowest BCUT2D eigenvalue weighted by atomic mass is 10.1. The third kappa shape index (κ3) is 5.02. The molecule has 0 aliphatic carbocycles. The highest BCUT2D eigenvalue weighted by atomic mass is 16.1. The van der Waals surface area contributed by atoms with Crippen LogP contribution in [-0.2, 0) is 0 Å². The predicted octanol–water partition coefficient (Wildman–Crippen LogP) is 4.86. The maximum Gasteiger partial charge on any atom is 0.255 e. The molecule has 0 bridgehead atoms. The highest BCUT2D eigenvalue weighted by molar-refractivity contribution is 6.07. The minimum atomic E-state index is -0.187. The van der Waals surface area contributed by atoms with Gasteiger partial charge in [-0.15, -0.1) is 0 Å². The Balaban J connectivity index is 1.68. The average Bonchev–Trinajstić information content (AvgIpc) is 2.70. The van der Waals surface area contributed by atoms with Gasteiger partial charge in [0.2, 0.25) is 0 Å². The molecular weight excluding hydrogens is 362 g/mol. The van der Waals surface area contributed by atoms with E-state index in [1.807, 2.05) is 39.8 Å². The standard InChI is InChI=1S/C24H23N3O2/c1-15-5-7-20(8-6-15)24(29)27-21-11-9-19(10-12-21)23(28)14-13-22-18(4)25-16(2)17(3)26-22/h5-14H,1-4H3,(H,27,29)/b14-13+. The van der Waals surface area contributed by atoms with E-state index in [2.05, 4.69) is 15.3 Å². The molecular formula is C24H23N3O2. The first-order chi connectivity index (χ1) is 13.8. The lowest BCUT2D eigenvalue weighted by Crippen LogP contribution is -2.11. The number of amides is 1. The van der Waals surface area contributed by atoms with Crippen molar-refractivity contribution in [2.24, 2.45) is 0 Å². The largest absolute Gasteiger partial charge is 0.322 e. The Labute approximate surface area is 170 Å². The zero-order chi connectivity index (χ0) is 21.0. The van der Waals surface area contributed by atoms with Gasteiger partial charge >= 0.3 is 0 Å². The first-order valence-electron chi connectivity index (χ1n) is 9.36. The molecule has 0 unspecified atom stereocenters. The van der Waals surface area contributed by atoms with Crippen LogP contribution in [0.15, 0.2) is 54.6 Å². The zero-order valence-electron chi connectivity index (χ0n) is 17.0. The van der Waals surface area contributed by atoms with Crippen LogP contribution >= 0.6 is 0 Å². The number of hydrogen-bond donors (Lipinski definition) is 1. The van der Waals surface area contributed by atoms with Crippen molar-refractivity contribution in [3.63, 3.8) is 0 Å². The Bertz CT molecular complexity index is 1080. The monoisotopic (exact) mass is 385 g/mol. The van der Waals surface area contributed by atoms with Gasteiger partial charge in [-0.3, -0.25) is 14.6 Å². The van der Waals surface area contributed by atoms with Gasteiger partial charge < -0.3 is 5.32 Å². The maximum atomic E-state index is 12.4. The molecule has 0 fully saturated rings. The van der Waals surface area contributed by atoms with Crippen molar-refractivity contribution in [1.29, 1.82) is 0 Å². The zero-order valence-corrected chi connectivity index (χ0v) is 17.0. The van der Waals surface area contributed by atoms with Gasteiger partial charge in [0, 0.05) is 16.8 Å². The second-order valence-corrected chi connectivity index (χ2v) is 6.96. The number of benzene rings is 2. The van der Waals surface area contributed by atoms with Crippen LogP contribution in [0.1, 0.15) is 49.1 Å². The summed E-state index contributed by atoms with van der Waals surface area (Å²) in [5.74, 6) is -0.325. The summed E-state index contributed by atoms with van der Waals surface area (Å²) in [6, 6.07) is 14.2. The molecule has 1 N–H and O–H groups in total. The van der Waals surface area contributed by atoms with Gasteiger partial charge in [0.05, 0.1) is 22.8 Å². The number of aromatic nitrogens is 2. The van der Waals surface area contributed by atoms with Crippen LogP contribution in [0.2, 0.25) is 0 Å². The quantitative estimate of drug-likeness (QED) is 0.503. The number of nitrogens with zero attached hydrogens (tertiary/aromatic N) is 2. The van der Waals surface area contributed by atoms with Gasteiger partial charge in [-0.25, -0.2) is 4.98 Å². The van der Waals surface area contributed by atoms with Gasteiger partial charge in [-0.05, 0) is 76.2 Å². The van der Waals surface area contributed by atoms with Crippen LogP contribution in [0.3, 0.4) is 0 Å². The van der Waals surface area contributed by atoms with Gasteiger partial charge in [0.1, 0.15) is 0 Å². The van der Waals surface area contributed by atoms with Crippen LogP contribution in [0.4, 0.5) is 5.69 Å². The number of nitrogens with one attached hydrogen (secondary N) is 1. The lowest BCUT2D eigenvalue weighted by molar-refractivity contribution is 0.102. The summed E-state index contributed by atoms with van der Waals surface area (Å²) in [5.41, 5.74) is 6.04. The number of aryl methyl sites for hydroxylation is 4. The molecule has 0 aliphatic rings. The first kappa shape index (κ1) is 20.1. The van der Waals surface area contributed by atoms with Gasteiger partial charge in [0.15, 0.2) is 5.78 Å². The summed E-state index contributed by atoms with van der Waals surface area (Å²) in [4.78, 5) is 33.6. The topological polar surface area (TPSA) is 72.0 Å². The smallest absolute Gasteiger partial charge is 0.255 e. The van der Waals surface area contributed by atoms with Gasteiger partial charge in [-0.1, -0.05) is 17.7 Å². The number of hydrogen-bond acceptors (Lipinski definition) is 4. The molecule has 0 saturated carbocycles. The fourth-order valence-corrected chi connectivity index (χ4v) is 2.77. The molecule has 1 amide bonds. The molecule has 0 aliphatic heterocycles. The Morgan fingerprint density at radius 1 is 0.759 bits per heavy atom. The first-order valence-corrected chi connectivity index (χ1v) is 9.36. The minimum Gasteiger partial charge on any atom is -0.322 e. The van der Waals surface area contributed by atoms with Crippen molar-refractivity contribution in [2.45, 2.75) is 27.7 Å². The molecule has 0 saturated heterocycles. The summed E-state index contributed by atoms with van der Waals surface area (Å²) in [6.07, 6.45) is 3.18. The Hall–Kier alpha value is -3.60. The summed E-state index contributed by atoms with van der Waals surface area (Å²) < 4.78 is 0. The van der Waals surface area contributed by atoms with E-state index in [0.717, 1.165) is 22.6 Å². The van der Waals surface area contributed by atoms with E-state index < -0.39 is 0 Å². The molecule has 0 spiro atoms. The molecule has 1 aromatic heterocycles. The SMILES string of the molecule is Cc1ccc(C(=O)Nc2ccc(C(=O)/C=C/c3nc(C)c(C)nc3C)cc2)cc1. The Kier molecular flexibility index (Phi) is 5.98. The number of ketones is 1. The third-order valence-electron chi connectivity index (χ3n) is 4.65. The Morgan fingerprint density at radius 2 is 1.34 bits per heavy atom. The van der Waals surface area contributed by atoms with E-state index in [4.69, 9.17) is 0 Å². The van der Waals surface area contributed by atoms with Crippen molar-refractivity contribution < 1.29 is 9.59 Å². The van der Waals surface area contributed by atoms with E-state index >= 15 is 0 Å². The fraction of sp³-hybridized carbons (Fsp3) is 0.167. The maximum absolute atomic E-state index is 12.4. The van der Waals surface area contributed by atoms with E-state index in [9.17, 15) is 9.59 Å². The highest BCUT2D eigenvalue weighted by Crippen LogP contribution is 2.14. The molecule has 1 heterocycles. The number of anilines is 1. The molecule has 2 aromatic carbocycles. The molecule has 5 nitrogen and oxygen atoms in total.